The van der Waals surface area contributed by atoms with Gasteiger partial charge >= 0.3 is 5.97 Å². The van der Waals surface area contributed by atoms with Crippen LogP contribution in [-0.4, -0.2) is 26.2 Å². The van der Waals surface area contributed by atoms with Gasteiger partial charge in [0, 0.05) is 6.42 Å². The number of hydrogen-bond donors (Lipinski definition) is 1. The van der Waals surface area contributed by atoms with Crippen LogP contribution in [0.2, 0.25) is 0 Å². The molecule has 0 saturated heterocycles. The molecular formula is C9H19NO2. The first kappa shape index (κ1) is 11.4. The summed E-state index contributed by atoms with van der Waals surface area (Å²) in [4.78, 5) is 11.0. The van der Waals surface area contributed by atoms with Crippen molar-refractivity contribution < 1.29 is 9.53 Å². The highest BCUT2D eigenvalue weighted by atomic mass is 16.5. The summed E-state index contributed by atoms with van der Waals surface area (Å²) in [5.41, 5.74) is 0. The molecule has 0 aliphatic rings. The highest BCUT2D eigenvalue weighted by Crippen LogP contribution is 2.07. The van der Waals surface area contributed by atoms with Crippen LogP contribution in [0.3, 0.4) is 0 Å². The van der Waals surface area contributed by atoms with Crippen molar-refractivity contribution in [2.24, 2.45) is 5.92 Å². The second kappa shape index (κ2) is 7.10. The molecule has 0 fully saturated rings. The third-order valence-corrected chi connectivity index (χ3v) is 1.71. The Morgan fingerprint density at radius 1 is 1.58 bits per heavy atom. The Kier molecular flexibility index (Phi) is 6.76. The van der Waals surface area contributed by atoms with E-state index in [0.29, 0.717) is 18.9 Å². The van der Waals surface area contributed by atoms with Gasteiger partial charge in [0.15, 0.2) is 0 Å². The summed E-state index contributed by atoms with van der Waals surface area (Å²) in [7, 11) is 1.91. The van der Waals surface area contributed by atoms with E-state index >= 15 is 0 Å². The van der Waals surface area contributed by atoms with Crippen LogP contribution in [-0.2, 0) is 9.53 Å². The molecule has 0 aliphatic heterocycles. The fraction of sp³-hybridized carbons (Fsp3) is 0.889. The van der Waals surface area contributed by atoms with Crippen molar-refractivity contribution in [3.8, 4) is 0 Å². The summed E-state index contributed by atoms with van der Waals surface area (Å²) in [6.07, 6.45) is 1.56. The van der Waals surface area contributed by atoms with Gasteiger partial charge in [-0.15, -0.1) is 0 Å². The Morgan fingerprint density at radius 3 is 2.75 bits per heavy atom. The standard InChI is InChI=1S/C9H19NO2/c1-4-12-9(11)7-8(2)5-6-10-3/h8,10H,4-7H2,1-3H3. The highest BCUT2D eigenvalue weighted by molar-refractivity contribution is 5.69. The number of carbonyl (C=O) groups excluding carboxylic acids is 1. The first-order valence-corrected chi connectivity index (χ1v) is 4.50. The number of rotatable bonds is 6. The molecule has 1 unspecified atom stereocenters. The van der Waals surface area contributed by atoms with Gasteiger partial charge in [0.05, 0.1) is 6.61 Å². The monoisotopic (exact) mass is 173 g/mol. The predicted octanol–water partition coefficient (Wildman–Crippen LogP) is 1.19. The van der Waals surface area contributed by atoms with E-state index < -0.39 is 0 Å². The molecule has 0 amide bonds. The summed E-state index contributed by atoms with van der Waals surface area (Å²) < 4.78 is 4.83. The van der Waals surface area contributed by atoms with Crippen LogP contribution in [0, 0.1) is 5.92 Å². The second-order valence-electron chi connectivity index (χ2n) is 3.01. The van der Waals surface area contributed by atoms with Gasteiger partial charge < -0.3 is 10.1 Å². The van der Waals surface area contributed by atoms with Crippen molar-refractivity contribution in [2.45, 2.75) is 26.7 Å². The van der Waals surface area contributed by atoms with Crippen LogP contribution in [0.5, 0.6) is 0 Å². The Hall–Kier alpha value is -0.570. The van der Waals surface area contributed by atoms with Crippen LogP contribution in [0.15, 0.2) is 0 Å². The zero-order valence-electron chi connectivity index (χ0n) is 8.22. The average Bonchev–Trinajstić information content (AvgIpc) is 2.01. The summed E-state index contributed by atoms with van der Waals surface area (Å²) in [6, 6.07) is 0. The lowest BCUT2D eigenvalue weighted by Gasteiger charge is -2.09. The van der Waals surface area contributed by atoms with Gasteiger partial charge in [-0.25, -0.2) is 0 Å². The lowest BCUT2D eigenvalue weighted by atomic mass is 10.0. The zero-order chi connectivity index (χ0) is 9.40. The molecule has 3 nitrogen and oxygen atoms in total. The van der Waals surface area contributed by atoms with E-state index in [1.165, 1.54) is 0 Å². The maximum absolute atomic E-state index is 11.0. The van der Waals surface area contributed by atoms with E-state index in [4.69, 9.17) is 4.74 Å². The topological polar surface area (TPSA) is 38.3 Å². The molecule has 0 radical (unpaired) electrons. The van der Waals surface area contributed by atoms with E-state index in [9.17, 15) is 4.79 Å². The number of carbonyl (C=O) groups is 1. The van der Waals surface area contributed by atoms with E-state index in [-0.39, 0.29) is 5.97 Å². The lowest BCUT2D eigenvalue weighted by molar-refractivity contribution is -0.144. The summed E-state index contributed by atoms with van der Waals surface area (Å²) in [5, 5.41) is 3.05. The van der Waals surface area contributed by atoms with Crippen LogP contribution in [0.4, 0.5) is 0 Å². The molecule has 0 rings (SSSR count). The fourth-order valence-corrected chi connectivity index (χ4v) is 0.997. The molecule has 1 atom stereocenters. The second-order valence-corrected chi connectivity index (χ2v) is 3.01. The molecular weight excluding hydrogens is 154 g/mol. The molecule has 1 N–H and O–H groups in total. The van der Waals surface area contributed by atoms with E-state index in [0.717, 1.165) is 13.0 Å². The average molecular weight is 173 g/mol. The molecule has 0 bridgehead atoms. The van der Waals surface area contributed by atoms with Crippen molar-refractivity contribution in [3.63, 3.8) is 0 Å². The molecule has 0 heterocycles. The smallest absolute Gasteiger partial charge is 0.306 e. The van der Waals surface area contributed by atoms with Gasteiger partial charge in [0.25, 0.3) is 0 Å². The summed E-state index contributed by atoms with van der Waals surface area (Å²) in [5.74, 6) is 0.331. The number of ether oxygens (including phenoxy) is 1. The van der Waals surface area contributed by atoms with E-state index in [1.807, 2.05) is 14.0 Å². The Bertz CT molecular complexity index is 126. The van der Waals surface area contributed by atoms with Crippen molar-refractivity contribution in [2.75, 3.05) is 20.2 Å². The van der Waals surface area contributed by atoms with E-state index in [2.05, 4.69) is 12.2 Å². The third-order valence-electron chi connectivity index (χ3n) is 1.71. The molecule has 0 aliphatic carbocycles. The minimum atomic E-state index is -0.0823. The Morgan fingerprint density at radius 2 is 2.25 bits per heavy atom. The first-order chi connectivity index (χ1) is 5.70. The van der Waals surface area contributed by atoms with Gasteiger partial charge in [0.1, 0.15) is 0 Å². The van der Waals surface area contributed by atoms with Crippen molar-refractivity contribution in [3.05, 3.63) is 0 Å². The molecule has 72 valence electrons. The lowest BCUT2D eigenvalue weighted by Crippen LogP contribution is -2.15. The van der Waals surface area contributed by atoms with Gasteiger partial charge in [-0.1, -0.05) is 6.92 Å². The summed E-state index contributed by atoms with van der Waals surface area (Å²) in [6.45, 7) is 5.34. The number of esters is 1. The van der Waals surface area contributed by atoms with E-state index in [1.54, 1.807) is 0 Å². The molecule has 12 heavy (non-hydrogen) atoms. The maximum atomic E-state index is 11.0. The zero-order valence-corrected chi connectivity index (χ0v) is 8.22. The molecule has 0 aromatic carbocycles. The van der Waals surface area contributed by atoms with Gasteiger partial charge in [-0.05, 0) is 32.9 Å². The van der Waals surface area contributed by atoms with Crippen molar-refractivity contribution in [1.29, 1.82) is 0 Å². The largest absolute Gasteiger partial charge is 0.466 e. The van der Waals surface area contributed by atoms with Crippen LogP contribution in [0.25, 0.3) is 0 Å². The van der Waals surface area contributed by atoms with Crippen molar-refractivity contribution in [1.82, 2.24) is 5.32 Å². The van der Waals surface area contributed by atoms with Crippen LogP contribution < -0.4 is 5.32 Å². The fourth-order valence-electron chi connectivity index (χ4n) is 0.997. The minimum Gasteiger partial charge on any atom is -0.466 e. The normalized spacial score (nSPS) is 12.6. The molecule has 0 spiro atoms. The van der Waals surface area contributed by atoms with Crippen LogP contribution >= 0.6 is 0 Å². The van der Waals surface area contributed by atoms with Crippen molar-refractivity contribution >= 4 is 5.97 Å². The first-order valence-electron chi connectivity index (χ1n) is 4.50. The molecule has 0 aromatic heterocycles. The Balaban J connectivity index is 3.40. The number of hydrogen-bond acceptors (Lipinski definition) is 3. The van der Waals surface area contributed by atoms with Gasteiger partial charge in [-0.2, -0.15) is 0 Å². The quantitative estimate of drug-likeness (QED) is 0.613. The Labute approximate surface area is 74.5 Å². The van der Waals surface area contributed by atoms with Crippen LogP contribution in [0.1, 0.15) is 26.7 Å². The summed E-state index contributed by atoms with van der Waals surface area (Å²) >= 11 is 0. The molecule has 3 heteroatoms. The van der Waals surface area contributed by atoms with Gasteiger partial charge in [0.2, 0.25) is 0 Å². The SMILES string of the molecule is CCOC(=O)CC(C)CCNC. The maximum Gasteiger partial charge on any atom is 0.306 e. The van der Waals surface area contributed by atoms with Gasteiger partial charge in [-0.3, -0.25) is 4.79 Å². The minimum absolute atomic E-state index is 0.0823. The third kappa shape index (κ3) is 6.16. The predicted molar refractivity (Wildman–Crippen MR) is 49.0 cm³/mol. The molecule has 0 aromatic rings. The number of nitrogens with one attached hydrogen (secondary N) is 1. The highest BCUT2D eigenvalue weighted by Gasteiger charge is 2.08. The molecule has 0 saturated carbocycles.